The summed E-state index contributed by atoms with van der Waals surface area (Å²) in [6.45, 7) is 5.76. The molecule has 0 saturated carbocycles. The fraction of sp³-hybridized carbons (Fsp3) is 0.389. The van der Waals surface area contributed by atoms with E-state index in [0.29, 0.717) is 0 Å². The zero-order chi connectivity index (χ0) is 21.0. The molecule has 156 valence electrons. The van der Waals surface area contributed by atoms with E-state index in [1.807, 2.05) is 35.3 Å². The SMILES string of the molecule is CC1c2ncc(Cn3cccn3)n2CCN1Cc1ccco1.O=C(O)C(F)(F)F. The number of imidazole rings is 1. The highest BCUT2D eigenvalue weighted by molar-refractivity contribution is 5.73. The van der Waals surface area contributed by atoms with Gasteiger partial charge in [-0.15, -0.1) is 0 Å². The summed E-state index contributed by atoms with van der Waals surface area (Å²) < 4.78 is 41.5. The minimum Gasteiger partial charge on any atom is -0.475 e. The third-order valence-corrected chi connectivity index (χ3v) is 4.57. The number of hydrogen-bond donors (Lipinski definition) is 1. The minimum absolute atomic E-state index is 0.283. The summed E-state index contributed by atoms with van der Waals surface area (Å²) in [5.74, 6) is -0.629. The number of furan rings is 1. The molecule has 0 fully saturated rings. The average Bonchev–Trinajstić information content (AvgIpc) is 3.41. The van der Waals surface area contributed by atoms with Crippen LogP contribution in [-0.4, -0.2) is 48.0 Å². The lowest BCUT2D eigenvalue weighted by atomic mass is 10.2. The zero-order valence-electron chi connectivity index (χ0n) is 15.6. The Morgan fingerprint density at radius 3 is 2.66 bits per heavy atom. The van der Waals surface area contributed by atoms with Crippen molar-refractivity contribution in [2.45, 2.75) is 38.8 Å². The van der Waals surface area contributed by atoms with Gasteiger partial charge in [-0.05, 0) is 25.1 Å². The third-order valence-electron chi connectivity index (χ3n) is 4.57. The molecule has 4 heterocycles. The minimum atomic E-state index is -5.08. The summed E-state index contributed by atoms with van der Waals surface area (Å²) in [4.78, 5) is 15.9. The van der Waals surface area contributed by atoms with Crippen LogP contribution in [0.25, 0.3) is 0 Å². The van der Waals surface area contributed by atoms with E-state index < -0.39 is 12.1 Å². The Labute approximate surface area is 164 Å². The Hall–Kier alpha value is -3.08. The number of carboxylic acids is 1. The van der Waals surface area contributed by atoms with Crippen LogP contribution in [0, 0.1) is 0 Å². The Bertz CT molecular complexity index is 919. The van der Waals surface area contributed by atoms with Crippen molar-refractivity contribution >= 4 is 5.97 Å². The molecule has 4 rings (SSSR count). The molecule has 1 aliphatic rings. The highest BCUT2D eigenvalue weighted by atomic mass is 19.4. The van der Waals surface area contributed by atoms with Gasteiger partial charge in [0.1, 0.15) is 11.6 Å². The van der Waals surface area contributed by atoms with Gasteiger partial charge in [-0.2, -0.15) is 18.3 Å². The number of aliphatic carboxylic acids is 1. The van der Waals surface area contributed by atoms with Gasteiger partial charge in [0.15, 0.2) is 0 Å². The maximum absolute atomic E-state index is 10.6. The molecule has 3 aromatic rings. The van der Waals surface area contributed by atoms with Gasteiger partial charge >= 0.3 is 12.1 Å². The van der Waals surface area contributed by atoms with E-state index in [2.05, 4.69) is 26.5 Å². The van der Waals surface area contributed by atoms with E-state index in [1.54, 1.807) is 12.5 Å². The number of alkyl halides is 3. The molecule has 0 radical (unpaired) electrons. The van der Waals surface area contributed by atoms with Crippen LogP contribution in [0.1, 0.15) is 30.2 Å². The predicted octanol–water partition coefficient (Wildman–Crippen LogP) is 2.93. The smallest absolute Gasteiger partial charge is 0.475 e. The molecule has 8 nitrogen and oxygen atoms in total. The van der Waals surface area contributed by atoms with Crippen LogP contribution >= 0.6 is 0 Å². The molecule has 11 heteroatoms. The van der Waals surface area contributed by atoms with Gasteiger partial charge in [-0.1, -0.05) is 0 Å². The number of halogens is 3. The summed E-state index contributed by atoms with van der Waals surface area (Å²) in [6.07, 6.45) is 2.41. The van der Waals surface area contributed by atoms with Crippen molar-refractivity contribution < 1.29 is 27.5 Å². The fourth-order valence-electron chi connectivity index (χ4n) is 3.11. The summed E-state index contributed by atoms with van der Waals surface area (Å²) >= 11 is 0. The lowest BCUT2D eigenvalue weighted by Gasteiger charge is -2.33. The van der Waals surface area contributed by atoms with Crippen LogP contribution in [0.15, 0.2) is 47.5 Å². The van der Waals surface area contributed by atoms with E-state index in [-0.39, 0.29) is 6.04 Å². The summed E-state index contributed by atoms with van der Waals surface area (Å²) in [5, 5.41) is 11.4. The van der Waals surface area contributed by atoms with Crippen molar-refractivity contribution in [1.82, 2.24) is 24.2 Å². The van der Waals surface area contributed by atoms with Crippen molar-refractivity contribution in [3.63, 3.8) is 0 Å². The second-order valence-corrected chi connectivity index (χ2v) is 6.49. The van der Waals surface area contributed by atoms with Crippen LogP contribution in [0.5, 0.6) is 0 Å². The van der Waals surface area contributed by atoms with Gasteiger partial charge in [0.25, 0.3) is 0 Å². The number of rotatable bonds is 4. The number of aromatic nitrogens is 4. The molecule has 29 heavy (non-hydrogen) atoms. The molecule has 0 saturated heterocycles. The number of carboxylic acid groups (broad SMARTS) is 1. The summed E-state index contributed by atoms with van der Waals surface area (Å²) in [7, 11) is 0. The highest BCUT2D eigenvalue weighted by Gasteiger charge is 2.38. The van der Waals surface area contributed by atoms with E-state index in [4.69, 9.17) is 14.3 Å². The molecule has 1 N–H and O–H groups in total. The normalized spacial score (nSPS) is 16.8. The molecule has 1 aliphatic heterocycles. The Morgan fingerprint density at radius 1 is 1.31 bits per heavy atom. The largest absolute Gasteiger partial charge is 0.490 e. The maximum Gasteiger partial charge on any atom is 0.490 e. The van der Waals surface area contributed by atoms with Gasteiger partial charge < -0.3 is 14.1 Å². The first-order chi connectivity index (χ1) is 13.8. The van der Waals surface area contributed by atoms with Gasteiger partial charge in [0.05, 0.1) is 37.3 Å². The Morgan fingerprint density at radius 2 is 2.07 bits per heavy atom. The summed E-state index contributed by atoms with van der Waals surface area (Å²) in [6, 6.07) is 6.19. The van der Waals surface area contributed by atoms with Crippen molar-refractivity contribution in [1.29, 1.82) is 0 Å². The number of hydrogen-bond acceptors (Lipinski definition) is 5. The number of nitrogens with zero attached hydrogens (tertiary/aromatic N) is 5. The van der Waals surface area contributed by atoms with Crippen LogP contribution in [0.2, 0.25) is 0 Å². The van der Waals surface area contributed by atoms with Crippen LogP contribution in [-0.2, 0) is 24.4 Å². The molecule has 0 bridgehead atoms. The topological polar surface area (TPSA) is 89.3 Å². The van der Waals surface area contributed by atoms with Crippen LogP contribution in [0.3, 0.4) is 0 Å². The molecule has 3 aromatic heterocycles. The van der Waals surface area contributed by atoms with Crippen molar-refractivity contribution in [3.8, 4) is 0 Å². The lowest BCUT2D eigenvalue weighted by molar-refractivity contribution is -0.192. The highest BCUT2D eigenvalue weighted by Crippen LogP contribution is 2.27. The van der Waals surface area contributed by atoms with Gasteiger partial charge in [0, 0.05) is 25.5 Å². The second kappa shape index (κ2) is 8.52. The van der Waals surface area contributed by atoms with E-state index >= 15 is 0 Å². The average molecular weight is 411 g/mol. The first-order valence-corrected chi connectivity index (χ1v) is 8.84. The van der Waals surface area contributed by atoms with Crippen LogP contribution < -0.4 is 0 Å². The quantitative estimate of drug-likeness (QED) is 0.710. The van der Waals surface area contributed by atoms with Gasteiger partial charge in [-0.25, -0.2) is 9.78 Å². The number of fused-ring (bicyclic) bond motifs is 1. The van der Waals surface area contributed by atoms with Crippen molar-refractivity contribution in [2.24, 2.45) is 0 Å². The predicted molar refractivity (Wildman–Crippen MR) is 94.8 cm³/mol. The molecule has 0 spiro atoms. The van der Waals surface area contributed by atoms with E-state index in [9.17, 15) is 13.2 Å². The zero-order valence-corrected chi connectivity index (χ0v) is 15.6. The summed E-state index contributed by atoms with van der Waals surface area (Å²) in [5.41, 5.74) is 1.21. The van der Waals surface area contributed by atoms with E-state index in [0.717, 1.165) is 37.8 Å². The molecule has 0 amide bonds. The van der Waals surface area contributed by atoms with Gasteiger partial charge in [0.2, 0.25) is 0 Å². The monoisotopic (exact) mass is 411 g/mol. The van der Waals surface area contributed by atoms with Gasteiger partial charge in [-0.3, -0.25) is 9.58 Å². The van der Waals surface area contributed by atoms with Crippen molar-refractivity contribution in [2.75, 3.05) is 6.54 Å². The molecule has 0 aliphatic carbocycles. The Kier molecular flexibility index (Phi) is 6.06. The second-order valence-electron chi connectivity index (χ2n) is 6.49. The molecular weight excluding hydrogens is 391 g/mol. The molecule has 1 unspecified atom stereocenters. The maximum atomic E-state index is 10.6. The molecular formula is C18H20F3N5O3. The first-order valence-electron chi connectivity index (χ1n) is 8.84. The van der Waals surface area contributed by atoms with E-state index in [1.165, 1.54) is 5.69 Å². The first kappa shape index (κ1) is 20.6. The van der Waals surface area contributed by atoms with Crippen molar-refractivity contribution in [3.05, 3.63) is 60.3 Å². The lowest BCUT2D eigenvalue weighted by Crippen LogP contribution is -2.37. The Balaban J connectivity index is 0.000000298. The standard InChI is InChI=1S/C16H19N5O.C2HF3O2/c1-13-16-17-10-14(11-20-6-3-5-18-20)21(16)8-7-19(13)12-15-4-2-9-22-15;3-2(4,5)1(6)7/h2-6,9-10,13H,7-8,11-12H2,1H3;(H,6,7). The fourth-order valence-corrected chi connectivity index (χ4v) is 3.11. The molecule has 0 aromatic carbocycles. The van der Waals surface area contributed by atoms with Crippen LogP contribution in [0.4, 0.5) is 13.2 Å². The molecule has 1 atom stereocenters. The third kappa shape index (κ3) is 5.05. The number of carbonyl (C=O) groups is 1.